The highest BCUT2D eigenvalue weighted by molar-refractivity contribution is 6.14. The lowest BCUT2D eigenvalue weighted by atomic mass is 9.98. The summed E-state index contributed by atoms with van der Waals surface area (Å²) in [6.07, 6.45) is 0. The van der Waals surface area contributed by atoms with E-state index in [1.807, 2.05) is 0 Å². The fraction of sp³-hybridized carbons (Fsp3) is 0.0476. The van der Waals surface area contributed by atoms with Gasteiger partial charge < -0.3 is 14.6 Å². The summed E-state index contributed by atoms with van der Waals surface area (Å²) in [5.41, 5.74) is 0.778. The third-order valence-electron chi connectivity index (χ3n) is 4.47. The SMILES string of the molecule is Cc1ccc2c(c1O)c(=O)oc1ccc(C(=O)c3ccccc3O)cc12. The molecular weight excluding hydrogens is 332 g/mol. The lowest BCUT2D eigenvalue weighted by Gasteiger charge is -2.08. The average molecular weight is 346 g/mol. The predicted molar refractivity (Wildman–Crippen MR) is 97.9 cm³/mol. The summed E-state index contributed by atoms with van der Waals surface area (Å²) in [4.78, 5) is 25.0. The number of aryl methyl sites for hydroxylation is 1. The Morgan fingerprint density at radius 3 is 2.50 bits per heavy atom. The zero-order valence-corrected chi connectivity index (χ0v) is 13.8. The van der Waals surface area contributed by atoms with Crippen LogP contribution in [0.3, 0.4) is 0 Å². The van der Waals surface area contributed by atoms with Crippen molar-refractivity contribution in [2.24, 2.45) is 0 Å². The molecule has 5 heteroatoms. The number of fused-ring (bicyclic) bond motifs is 3. The van der Waals surface area contributed by atoms with E-state index >= 15 is 0 Å². The summed E-state index contributed by atoms with van der Waals surface area (Å²) >= 11 is 0. The largest absolute Gasteiger partial charge is 0.507 e. The van der Waals surface area contributed by atoms with E-state index in [9.17, 15) is 19.8 Å². The van der Waals surface area contributed by atoms with Gasteiger partial charge in [-0.15, -0.1) is 0 Å². The van der Waals surface area contributed by atoms with E-state index in [1.165, 1.54) is 6.07 Å². The Kier molecular flexibility index (Phi) is 3.51. The van der Waals surface area contributed by atoms with Crippen LogP contribution in [-0.4, -0.2) is 16.0 Å². The Bertz CT molecular complexity index is 1250. The molecule has 0 saturated heterocycles. The number of rotatable bonds is 2. The van der Waals surface area contributed by atoms with E-state index in [0.29, 0.717) is 27.5 Å². The highest BCUT2D eigenvalue weighted by Crippen LogP contribution is 2.32. The molecule has 4 rings (SSSR count). The average Bonchev–Trinajstić information content (AvgIpc) is 2.64. The first-order valence-corrected chi connectivity index (χ1v) is 7.99. The monoisotopic (exact) mass is 346 g/mol. The van der Waals surface area contributed by atoms with Crippen molar-refractivity contribution in [3.05, 3.63) is 81.7 Å². The summed E-state index contributed by atoms with van der Waals surface area (Å²) < 4.78 is 5.30. The third kappa shape index (κ3) is 2.33. The van der Waals surface area contributed by atoms with Crippen LogP contribution in [0.1, 0.15) is 21.5 Å². The van der Waals surface area contributed by atoms with Gasteiger partial charge >= 0.3 is 5.63 Å². The Balaban J connectivity index is 2.01. The van der Waals surface area contributed by atoms with Gasteiger partial charge in [0.2, 0.25) is 0 Å². The Labute approximate surface area is 147 Å². The van der Waals surface area contributed by atoms with Gasteiger partial charge in [-0.25, -0.2) is 4.79 Å². The smallest absolute Gasteiger partial charge is 0.347 e. The number of phenols is 2. The van der Waals surface area contributed by atoms with Gasteiger partial charge in [0.25, 0.3) is 0 Å². The number of para-hydroxylation sites is 1. The summed E-state index contributed by atoms with van der Waals surface area (Å²) in [7, 11) is 0. The standard InChI is InChI=1S/C21H14O5/c1-11-6-8-13-15-10-12(20(24)14-4-2-3-5-16(14)22)7-9-17(15)26-21(25)18(13)19(11)23/h2-10,22-23H,1H3. The summed E-state index contributed by atoms with van der Waals surface area (Å²) in [6.45, 7) is 1.69. The molecule has 0 fully saturated rings. The number of phenolic OH excluding ortho intramolecular Hbond substituents is 2. The van der Waals surface area contributed by atoms with Crippen LogP contribution in [0, 0.1) is 6.92 Å². The molecule has 26 heavy (non-hydrogen) atoms. The highest BCUT2D eigenvalue weighted by Gasteiger charge is 2.17. The van der Waals surface area contributed by atoms with Gasteiger partial charge in [-0.2, -0.15) is 0 Å². The second kappa shape index (κ2) is 5.74. The summed E-state index contributed by atoms with van der Waals surface area (Å²) in [5, 5.41) is 21.3. The van der Waals surface area contributed by atoms with E-state index in [0.717, 1.165) is 0 Å². The molecule has 0 aliphatic carbocycles. The fourth-order valence-electron chi connectivity index (χ4n) is 3.07. The van der Waals surface area contributed by atoms with E-state index in [2.05, 4.69) is 0 Å². The molecule has 0 saturated carbocycles. The van der Waals surface area contributed by atoms with Crippen molar-refractivity contribution in [1.82, 2.24) is 0 Å². The van der Waals surface area contributed by atoms with Crippen molar-refractivity contribution in [2.45, 2.75) is 6.92 Å². The first-order chi connectivity index (χ1) is 12.5. The van der Waals surface area contributed by atoms with Gasteiger partial charge in [-0.1, -0.05) is 24.3 Å². The van der Waals surface area contributed by atoms with Crippen LogP contribution in [0.25, 0.3) is 21.7 Å². The first-order valence-electron chi connectivity index (χ1n) is 7.99. The molecular formula is C21H14O5. The minimum absolute atomic E-state index is 0.0876. The highest BCUT2D eigenvalue weighted by atomic mass is 16.4. The fourth-order valence-corrected chi connectivity index (χ4v) is 3.07. The lowest BCUT2D eigenvalue weighted by Crippen LogP contribution is -2.04. The third-order valence-corrected chi connectivity index (χ3v) is 4.47. The second-order valence-electron chi connectivity index (χ2n) is 6.10. The first kappa shape index (κ1) is 15.9. The molecule has 0 aliphatic rings. The van der Waals surface area contributed by atoms with Gasteiger partial charge in [0.05, 0.1) is 5.56 Å². The molecule has 0 aliphatic heterocycles. The zero-order valence-electron chi connectivity index (χ0n) is 13.8. The second-order valence-corrected chi connectivity index (χ2v) is 6.10. The normalized spacial score (nSPS) is 11.1. The molecule has 0 bridgehead atoms. The van der Waals surface area contributed by atoms with Crippen LogP contribution in [0.15, 0.2) is 63.8 Å². The van der Waals surface area contributed by atoms with Crippen molar-refractivity contribution >= 4 is 27.5 Å². The zero-order chi connectivity index (χ0) is 18.4. The molecule has 4 aromatic rings. The Morgan fingerprint density at radius 1 is 0.962 bits per heavy atom. The number of carbonyl (C=O) groups is 1. The number of carbonyl (C=O) groups excluding carboxylic acids is 1. The van der Waals surface area contributed by atoms with Crippen LogP contribution in [0.5, 0.6) is 11.5 Å². The molecule has 1 heterocycles. The lowest BCUT2D eigenvalue weighted by molar-refractivity contribution is 0.103. The topological polar surface area (TPSA) is 87.7 Å². The quantitative estimate of drug-likeness (QED) is 0.326. The maximum Gasteiger partial charge on any atom is 0.347 e. The van der Waals surface area contributed by atoms with Crippen molar-refractivity contribution < 1.29 is 19.4 Å². The maximum atomic E-state index is 12.7. The molecule has 2 N–H and O–H groups in total. The van der Waals surface area contributed by atoms with Crippen LogP contribution in [0.4, 0.5) is 0 Å². The molecule has 128 valence electrons. The van der Waals surface area contributed by atoms with Gasteiger partial charge in [0.1, 0.15) is 22.5 Å². The van der Waals surface area contributed by atoms with Crippen molar-refractivity contribution in [3.8, 4) is 11.5 Å². The van der Waals surface area contributed by atoms with Gasteiger partial charge in [-0.3, -0.25) is 4.79 Å². The Hall–Kier alpha value is -3.60. The number of ketones is 1. The number of aromatic hydroxyl groups is 2. The van der Waals surface area contributed by atoms with Gasteiger partial charge in [0.15, 0.2) is 5.78 Å². The van der Waals surface area contributed by atoms with Crippen molar-refractivity contribution in [3.63, 3.8) is 0 Å². The van der Waals surface area contributed by atoms with Crippen LogP contribution >= 0.6 is 0 Å². The van der Waals surface area contributed by atoms with E-state index in [4.69, 9.17) is 4.42 Å². The van der Waals surface area contributed by atoms with Crippen LogP contribution < -0.4 is 5.63 Å². The number of hydrogen-bond donors (Lipinski definition) is 2. The minimum Gasteiger partial charge on any atom is -0.507 e. The van der Waals surface area contributed by atoms with Crippen LogP contribution in [0.2, 0.25) is 0 Å². The van der Waals surface area contributed by atoms with Crippen molar-refractivity contribution in [1.29, 1.82) is 0 Å². The molecule has 0 radical (unpaired) electrons. The van der Waals surface area contributed by atoms with Gasteiger partial charge in [0, 0.05) is 16.3 Å². The van der Waals surface area contributed by atoms with E-state index < -0.39 is 5.63 Å². The molecule has 5 nitrogen and oxygen atoms in total. The maximum absolute atomic E-state index is 12.7. The van der Waals surface area contributed by atoms with E-state index in [1.54, 1.807) is 55.5 Å². The van der Waals surface area contributed by atoms with E-state index in [-0.39, 0.29) is 28.2 Å². The van der Waals surface area contributed by atoms with Gasteiger partial charge in [-0.05, 0) is 42.8 Å². The number of benzene rings is 3. The predicted octanol–water partition coefficient (Wildman–Crippen LogP) is 3.90. The molecule has 1 aromatic heterocycles. The molecule has 0 atom stereocenters. The molecule has 3 aromatic carbocycles. The molecule has 0 amide bonds. The summed E-state index contributed by atoms with van der Waals surface area (Å²) in [6, 6.07) is 14.4. The Morgan fingerprint density at radius 2 is 1.73 bits per heavy atom. The summed E-state index contributed by atoms with van der Waals surface area (Å²) in [5.74, 6) is -0.577. The van der Waals surface area contributed by atoms with Crippen molar-refractivity contribution in [2.75, 3.05) is 0 Å². The number of hydrogen-bond acceptors (Lipinski definition) is 5. The van der Waals surface area contributed by atoms with Crippen LogP contribution in [-0.2, 0) is 0 Å². The minimum atomic E-state index is -0.631. The molecule has 0 unspecified atom stereocenters. The molecule has 0 spiro atoms.